The van der Waals surface area contributed by atoms with Crippen LogP contribution in [0.5, 0.6) is 0 Å². The summed E-state index contributed by atoms with van der Waals surface area (Å²) in [5.41, 5.74) is 0. The molecular weight excluding hydrogens is 185 g/mol. The third-order valence-corrected chi connectivity index (χ3v) is 0. The molecule has 4 nitrogen and oxygen atoms in total. The highest BCUT2D eigenvalue weighted by atomic mass is 35.6. The number of rotatable bonds is 0. The van der Waals surface area contributed by atoms with Gasteiger partial charge in [0.2, 0.25) is 0 Å². The van der Waals surface area contributed by atoms with Crippen LogP contribution in [-0.2, 0) is 10.4 Å². The van der Waals surface area contributed by atoms with Crippen LogP contribution < -0.4 is 0 Å². The summed E-state index contributed by atoms with van der Waals surface area (Å²) in [6.07, 6.45) is 0. The van der Waals surface area contributed by atoms with Gasteiger partial charge < -0.3 is 0 Å². The molecule has 0 heterocycles. The zero-order valence-corrected chi connectivity index (χ0v) is 7.07. The van der Waals surface area contributed by atoms with E-state index in [1.54, 1.807) is 0 Å². The average Bonchev–Trinajstić information content (AvgIpc) is 1.36. The van der Waals surface area contributed by atoms with Crippen molar-refractivity contribution in [2.24, 2.45) is 0 Å². The highest BCUT2D eigenvalue weighted by Crippen LogP contribution is 1.59. The molecule has 8 heavy (non-hydrogen) atoms. The standard InChI is InChI=1S/2Al.ClH.H2O4S.5H/c;;;1-5(2,3)4;;;;;/h;;1H;(H2,1,2,3,4);;;;;/q;+1;;;;;;;/p-1. The minimum atomic E-state index is -4.67. The van der Waals surface area contributed by atoms with Crippen molar-refractivity contribution >= 4 is 53.2 Å². The fourth-order valence-electron chi connectivity index (χ4n) is 0. The second-order valence-corrected chi connectivity index (χ2v) is 1.34. The van der Waals surface area contributed by atoms with Crippen LogP contribution in [0.1, 0.15) is 0 Å². The van der Waals surface area contributed by atoms with Crippen LogP contribution >= 0.6 is 10.0 Å². The molecule has 0 aliphatic rings. The van der Waals surface area contributed by atoms with Crippen LogP contribution in [0.3, 0.4) is 0 Å². The van der Waals surface area contributed by atoms with Crippen molar-refractivity contribution < 1.29 is 17.5 Å². The minimum Gasteiger partial charge on any atom is -0.273 e. The van der Waals surface area contributed by atoms with Gasteiger partial charge in [0.25, 0.3) is 0 Å². The van der Waals surface area contributed by atoms with Crippen LogP contribution in [0.2, 0.25) is 0 Å². The lowest BCUT2D eigenvalue weighted by Gasteiger charge is -1.68. The Morgan fingerprint density at radius 3 is 1.25 bits per heavy atom. The molecule has 0 atom stereocenters. The minimum absolute atomic E-state index is 0. The molecule has 0 spiro atoms. The molecule has 0 bridgehead atoms. The third kappa shape index (κ3) is 187. The van der Waals surface area contributed by atoms with Gasteiger partial charge in [0, 0.05) is 0 Å². The molecule has 0 unspecified atom stereocenters. The van der Waals surface area contributed by atoms with E-state index in [2.05, 4.69) is 0 Å². The van der Waals surface area contributed by atoms with E-state index in [9.17, 15) is 0 Å². The van der Waals surface area contributed by atoms with E-state index >= 15 is 0 Å². The molecule has 0 fully saturated rings. The molecule has 0 aliphatic carbocycles. The maximum atomic E-state index is 8.74. The fraction of sp³-hybridized carbons (Fsp3) is 0. The predicted octanol–water partition coefficient (Wildman–Crippen LogP) is -2.06. The van der Waals surface area contributed by atoms with E-state index in [0.717, 1.165) is 15.4 Å². The summed E-state index contributed by atoms with van der Waals surface area (Å²) < 4.78 is 31.6. The van der Waals surface area contributed by atoms with Crippen LogP contribution in [0.15, 0.2) is 0 Å². The maximum Gasteiger partial charge on any atom is 0.394 e. The Hall–Kier alpha value is 1.22. The lowest BCUT2D eigenvalue weighted by molar-refractivity contribution is 0.381. The Balaban J connectivity index is -0.0000000750. The van der Waals surface area contributed by atoms with Crippen molar-refractivity contribution in [2.75, 3.05) is 0 Å². The molecule has 0 aromatic heterocycles. The smallest absolute Gasteiger partial charge is 0.273 e. The van der Waals surface area contributed by atoms with Crippen LogP contribution in [-0.4, -0.2) is 50.3 Å². The Labute approximate surface area is 70.6 Å². The fourth-order valence-corrected chi connectivity index (χ4v) is 0. The van der Waals surface area contributed by atoms with Gasteiger partial charge in [-0.3, -0.25) is 19.2 Å². The second-order valence-electron chi connectivity index (χ2n) is 0.448. The van der Waals surface area contributed by atoms with Gasteiger partial charge in [-0.1, -0.05) is 0 Å². The Bertz CT molecular complexity index is 97.2. The van der Waals surface area contributed by atoms with Crippen LogP contribution in [0.25, 0.3) is 0 Å². The van der Waals surface area contributed by atoms with E-state index in [1.165, 1.54) is 0 Å². The summed E-state index contributed by atoms with van der Waals surface area (Å²) in [6, 6.07) is 0. The van der Waals surface area contributed by atoms with Crippen LogP contribution in [0.4, 0.5) is 0 Å². The monoisotopic (exact) mass is 192 g/mol. The quantitative estimate of drug-likeness (QED) is 0.342. The highest BCUT2D eigenvalue weighted by molar-refractivity contribution is 7.79. The van der Waals surface area contributed by atoms with Gasteiger partial charge in [-0.2, -0.15) is 8.42 Å². The first-order valence-corrected chi connectivity index (χ1v) is 5.50. The summed E-state index contributed by atoms with van der Waals surface area (Å²) in [5.74, 6) is 0. The first-order chi connectivity index (χ1) is 3.00. The topological polar surface area (TPSA) is 74.6 Å². The summed E-state index contributed by atoms with van der Waals surface area (Å²) in [6.45, 7) is 0. The predicted molar refractivity (Wildman–Crippen MR) is 38.5 cm³/mol. The SMILES string of the molecule is O=S(=O)(O)O.[AlH2][Cl].[AlH3]. The molecule has 0 saturated heterocycles. The van der Waals surface area contributed by atoms with Crippen molar-refractivity contribution in [2.45, 2.75) is 0 Å². The lowest BCUT2D eigenvalue weighted by Crippen LogP contribution is -1.89. The van der Waals surface area contributed by atoms with Gasteiger partial charge in [-0.05, 0) is 0 Å². The average molecular weight is 193 g/mol. The van der Waals surface area contributed by atoms with Gasteiger partial charge in [-0.25, -0.2) is 0 Å². The first kappa shape index (κ1) is 16.1. The molecule has 0 radical (unpaired) electrons. The molecular formula is H7Al2ClO4S. The molecule has 0 rings (SSSR count). The molecule has 50 valence electrons. The molecule has 0 saturated carbocycles. The van der Waals surface area contributed by atoms with Crippen molar-refractivity contribution in [1.82, 2.24) is 0 Å². The Morgan fingerprint density at radius 2 is 1.25 bits per heavy atom. The number of hydrogen-bond acceptors (Lipinski definition) is 2. The zero-order valence-electron chi connectivity index (χ0n) is 3.50. The van der Waals surface area contributed by atoms with Crippen molar-refractivity contribution in [3.8, 4) is 0 Å². The largest absolute Gasteiger partial charge is 0.394 e. The van der Waals surface area contributed by atoms with Gasteiger partial charge in [0.05, 0.1) is 0 Å². The number of hydrogen-bond donors (Lipinski definition) is 2. The Kier molecular flexibility index (Phi) is 16.6. The molecule has 0 aromatic rings. The van der Waals surface area contributed by atoms with Crippen LogP contribution in [0, 0.1) is 0 Å². The molecule has 2 N–H and O–H groups in total. The van der Waals surface area contributed by atoms with Gasteiger partial charge in [-0.15, -0.1) is 0 Å². The lowest BCUT2D eigenvalue weighted by atomic mass is 15.8. The third-order valence-electron chi connectivity index (χ3n) is 0. The Morgan fingerprint density at radius 1 is 1.25 bits per heavy atom. The first-order valence-electron chi connectivity index (χ1n) is 1.08. The van der Waals surface area contributed by atoms with Gasteiger partial charge in [0.15, 0.2) is 17.4 Å². The van der Waals surface area contributed by atoms with Crippen molar-refractivity contribution in [3.63, 3.8) is 0 Å². The number of halogens is 1. The van der Waals surface area contributed by atoms with E-state index in [-0.39, 0.29) is 17.4 Å². The molecule has 0 amide bonds. The highest BCUT2D eigenvalue weighted by Gasteiger charge is 1.84. The van der Waals surface area contributed by atoms with E-state index in [4.69, 9.17) is 27.6 Å². The van der Waals surface area contributed by atoms with E-state index < -0.39 is 10.4 Å². The maximum absolute atomic E-state index is 8.74. The molecule has 0 aromatic carbocycles. The summed E-state index contributed by atoms with van der Waals surface area (Å²) in [5, 5.41) is 0. The molecule has 8 heteroatoms. The van der Waals surface area contributed by atoms with E-state index in [1.807, 2.05) is 0 Å². The zero-order chi connectivity index (χ0) is 6.50. The second kappa shape index (κ2) is 8.22. The van der Waals surface area contributed by atoms with Crippen molar-refractivity contribution in [3.05, 3.63) is 0 Å². The normalized spacial score (nSPS) is 7.88. The van der Waals surface area contributed by atoms with E-state index in [0.29, 0.717) is 0 Å². The summed E-state index contributed by atoms with van der Waals surface area (Å²) >= 11 is 0.778. The van der Waals surface area contributed by atoms with Crippen molar-refractivity contribution in [1.29, 1.82) is 0 Å². The molecule has 0 aliphatic heterocycles. The summed E-state index contributed by atoms with van der Waals surface area (Å²) in [7, 11) is 0.111. The van der Waals surface area contributed by atoms with Gasteiger partial charge in [0.1, 0.15) is 0 Å². The van der Waals surface area contributed by atoms with Gasteiger partial charge >= 0.3 is 25.8 Å². The summed E-state index contributed by atoms with van der Waals surface area (Å²) in [4.78, 5) is 0.